The van der Waals surface area contributed by atoms with E-state index in [0.717, 1.165) is 32.8 Å². The molecule has 1 heterocycles. The first kappa shape index (κ1) is 12.9. The Balaban J connectivity index is 2.11. The average molecular weight is 214 g/mol. The molecule has 0 aromatic heterocycles. The Morgan fingerprint density at radius 3 is 2.73 bits per heavy atom. The molecule has 2 N–H and O–H groups in total. The second kappa shape index (κ2) is 6.46. The molecular formula is C12H26N2O. The Kier molecular flexibility index (Phi) is 5.58. The van der Waals surface area contributed by atoms with Gasteiger partial charge in [0.2, 0.25) is 0 Å². The van der Waals surface area contributed by atoms with Crippen molar-refractivity contribution in [3.05, 3.63) is 0 Å². The molecule has 3 heteroatoms. The lowest BCUT2D eigenvalue weighted by Gasteiger charge is -2.21. The van der Waals surface area contributed by atoms with Gasteiger partial charge in [-0.3, -0.25) is 4.90 Å². The molecule has 0 aromatic rings. The van der Waals surface area contributed by atoms with Gasteiger partial charge in [0.1, 0.15) is 0 Å². The van der Waals surface area contributed by atoms with Gasteiger partial charge in [0.25, 0.3) is 0 Å². The molecule has 0 radical (unpaired) electrons. The maximum atomic E-state index is 5.69. The summed E-state index contributed by atoms with van der Waals surface area (Å²) in [6.07, 6.45) is 1.25. The van der Waals surface area contributed by atoms with E-state index < -0.39 is 0 Å². The van der Waals surface area contributed by atoms with E-state index in [-0.39, 0.29) is 0 Å². The molecule has 1 fully saturated rings. The third kappa shape index (κ3) is 4.49. The van der Waals surface area contributed by atoms with Gasteiger partial charge in [-0.15, -0.1) is 0 Å². The SMILES string of the molecule is CC(C)COCCN1CC(CN)CC1C. The van der Waals surface area contributed by atoms with Gasteiger partial charge in [-0.1, -0.05) is 13.8 Å². The summed E-state index contributed by atoms with van der Waals surface area (Å²) in [5.74, 6) is 1.34. The van der Waals surface area contributed by atoms with Gasteiger partial charge < -0.3 is 10.5 Å². The fraction of sp³-hybridized carbons (Fsp3) is 1.00. The molecule has 0 aliphatic carbocycles. The maximum absolute atomic E-state index is 5.69. The van der Waals surface area contributed by atoms with E-state index in [1.54, 1.807) is 0 Å². The van der Waals surface area contributed by atoms with Crippen molar-refractivity contribution in [1.29, 1.82) is 0 Å². The van der Waals surface area contributed by atoms with Crippen LogP contribution in [0.1, 0.15) is 27.2 Å². The zero-order valence-corrected chi connectivity index (χ0v) is 10.4. The van der Waals surface area contributed by atoms with Crippen LogP contribution in [0.4, 0.5) is 0 Å². The molecule has 0 bridgehead atoms. The Morgan fingerprint density at radius 1 is 1.47 bits per heavy atom. The average Bonchev–Trinajstić information content (AvgIpc) is 2.54. The Labute approximate surface area is 94.0 Å². The van der Waals surface area contributed by atoms with Crippen molar-refractivity contribution in [2.75, 3.05) is 32.8 Å². The first-order chi connectivity index (χ1) is 7.13. The van der Waals surface area contributed by atoms with Crippen molar-refractivity contribution in [3.63, 3.8) is 0 Å². The van der Waals surface area contributed by atoms with Crippen molar-refractivity contribution < 1.29 is 4.74 Å². The predicted molar refractivity (Wildman–Crippen MR) is 63.9 cm³/mol. The summed E-state index contributed by atoms with van der Waals surface area (Å²) in [5.41, 5.74) is 5.69. The van der Waals surface area contributed by atoms with E-state index >= 15 is 0 Å². The molecule has 3 nitrogen and oxygen atoms in total. The molecular weight excluding hydrogens is 188 g/mol. The van der Waals surface area contributed by atoms with Crippen LogP contribution in [-0.2, 0) is 4.74 Å². The highest BCUT2D eigenvalue weighted by Crippen LogP contribution is 2.21. The van der Waals surface area contributed by atoms with E-state index in [0.29, 0.717) is 17.9 Å². The molecule has 1 saturated heterocycles. The van der Waals surface area contributed by atoms with Crippen LogP contribution in [0.2, 0.25) is 0 Å². The zero-order valence-electron chi connectivity index (χ0n) is 10.4. The summed E-state index contributed by atoms with van der Waals surface area (Å²) < 4.78 is 5.60. The number of rotatable bonds is 6. The zero-order chi connectivity index (χ0) is 11.3. The number of hydrogen-bond acceptors (Lipinski definition) is 3. The quantitative estimate of drug-likeness (QED) is 0.678. The van der Waals surface area contributed by atoms with Crippen LogP contribution in [0.5, 0.6) is 0 Å². The molecule has 1 aliphatic rings. The second-order valence-corrected chi connectivity index (χ2v) is 5.15. The van der Waals surface area contributed by atoms with Crippen LogP contribution in [0.3, 0.4) is 0 Å². The molecule has 2 unspecified atom stereocenters. The van der Waals surface area contributed by atoms with Gasteiger partial charge in [-0.25, -0.2) is 0 Å². The normalized spacial score (nSPS) is 27.8. The summed E-state index contributed by atoms with van der Waals surface area (Å²) in [6, 6.07) is 0.682. The summed E-state index contributed by atoms with van der Waals surface area (Å²) in [5, 5.41) is 0. The third-order valence-electron chi connectivity index (χ3n) is 3.10. The smallest absolute Gasteiger partial charge is 0.0593 e. The van der Waals surface area contributed by atoms with Crippen LogP contribution >= 0.6 is 0 Å². The topological polar surface area (TPSA) is 38.5 Å². The lowest BCUT2D eigenvalue weighted by atomic mass is 10.1. The van der Waals surface area contributed by atoms with Crippen molar-refractivity contribution in [1.82, 2.24) is 4.90 Å². The van der Waals surface area contributed by atoms with Gasteiger partial charge in [0.15, 0.2) is 0 Å². The third-order valence-corrected chi connectivity index (χ3v) is 3.10. The largest absolute Gasteiger partial charge is 0.380 e. The lowest BCUT2D eigenvalue weighted by molar-refractivity contribution is 0.0832. The Hall–Kier alpha value is -0.120. The highest BCUT2D eigenvalue weighted by molar-refractivity contribution is 4.82. The van der Waals surface area contributed by atoms with E-state index in [2.05, 4.69) is 25.7 Å². The monoisotopic (exact) mass is 214 g/mol. The number of ether oxygens (including phenoxy) is 1. The number of nitrogens with zero attached hydrogens (tertiary/aromatic N) is 1. The molecule has 0 spiro atoms. The molecule has 1 rings (SSSR count). The van der Waals surface area contributed by atoms with Crippen molar-refractivity contribution >= 4 is 0 Å². The summed E-state index contributed by atoms with van der Waals surface area (Å²) in [6.45, 7) is 11.4. The highest BCUT2D eigenvalue weighted by Gasteiger charge is 2.27. The predicted octanol–water partition coefficient (Wildman–Crippen LogP) is 1.33. The Morgan fingerprint density at radius 2 is 2.20 bits per heavy atom. The van der Waals surface area contributed by atoms with Gasteiger partial charge in [-0.2, -0.15) is 0 Å². The number of likely N-dealkylation sites (tertiary alicyclic amines) is 1. The van der Waals surface area contributed by atoms with Crippen molar-refractivity contribution in [3.8, 4) is 0 Å². The van der Waals surface area contributed by atoms with E-state index in [4.69, 9.17) is 10.5 Å². The second-order valence-electron chi connectivity index (χ2n) is 5.15. The van der Waals surface area contributed by atoms with Gasteiger partial charge in [-0.05, 0) is 31.7 Å². The first-order valence-corrected chi connectivity index (χ1v) is 6.15. The van der Waals surface area contributed by atoms with Crippen LogP contribution < -0.4 is 5.73 Å². The van der Waals surface area contributed by atoms with Gasteiger partial charge >= 0.3 is 0 Å². The molecule has 90 valence electrons. The van der Waals surface area contributed by atoms with Crippen LogP contribution in [-0.4, -0.2) is 43.8 Å². The number of nitrogens with two attached hydrogens (primary N) is 1. The fourth-order valence-electron chi connectivity index (χ4n) is 2.20. The minimum absolute atomic E-state index is 0.637. The maximum Gasteiger partial charge on any atom is 0.0593 e. The number of hydrogen-bond donors (Lipinski definition) is 1. The van der Waals surface area contributed by atoms with Crippen LogP contribution in [0, 0.1) is 11.8 Å². The summed E-state index contributed by atoms with van der Waals surface area (Å²) >= 11 is 0. The lowest BCUT2D eigenvalue weighted by Crippen LogP contribution is -2.31. The van der Waals surface area contributed by atoms with Crippen LogP contribution in [0.25, 0.3) is 0 Å². The van der Waals surface area contributed by atoms with Crippen LogP contribution in [0.15, 0.2) is 0 Å². The van der Waals surface area contributed by atoms with Crippen molar-refractivity contribution in [2.45, 2.75) is 33.2 Å². The van der Waals surface area contributed by atoms with Crippen molar-refractivity contribution in [2.24, 2.45) is 17.6 Å². The summed E-state index contributed by atoms with van der Waals surface area (Å²) in [7, 11) is 0. The standard InChI is InChI=1S/C12H26N2O/c1-10(2)9-15-5-4-14-8-12(7-13)6-11(14)3/h10-12H,4-9,13H2,1-3H3. The molecule has 0 amide bonds. The van der Waals surface area contributed by atoms with Gasteiger partial charge in [0.05, 0.1) is 6.61 Å². The molecule has 0 aromatic carbocycles. The first-order valence-electron chi connectivity index (χ1n) is 6.15. The molecule has 2 atom stereocenters. The summed E-state index contributed by atoms with van der Waals surface area (Å²) in [4.78, 5) is 2.50. The van der Waals surface area contributed by atoms with E-state index in [1.807, 2.05) is 0 Å². The highest BCUT2D eigenvalue weighted by atomic mass is 16.5. The fourth-order valence-corrected chi connectivity index (χ4v) is 2.20. The molecule has 15 heavy (non-hydrogen) atoms. The van der Waals surface area contributed by atoms with E-state index in [1.165, 1.54) is 6.42 Å². The van der Waals surface area contributed by atoms with E-state index in [9.17, 15) is 0 Å². The minimum Gasteiger partial charge on any atom is -0.380 e. The molecule has 1 aliphatic heterocycles. The molecule has 0 saturated carbocycles. The Bertz CT molecular complexity index is 173. The minimum atomic E-state index is 0.637. The van der Waals surface area contributed by atoms with Gasteiger partial charge in [0, 0.05) is 25.7 Å².